The molecule has 3 aromatic rings. The van der Waals surface area contributed by atoms with E-state index in [1.54, 1.807) is 24.3 Å². The Morgan fingerprint density at radius 1 is 1.17 bits per heavy atom. The lowest BCUT2D eigenvalue weighted by atomic mass is 10.2. The number of amides is 1. The van der Waals surface area contributed by atoms with E-state index < -0.39 is 0 Å². The average molecular weight is 399 g/mol. The first-order valence-electron chi connectivity index (χ1n) is 9.14. The molecule has 0 atom stereocenters. The molecule has 0 saturated heterocycles. The third-order valence-corrected chi connectivity index (χ3v) is 4.51. The molecule has 1 aromatic heterocycles. The highest BCUT2D eigenvalue weighted by Crippen LogP contribution is 2.29. The highest BCUT2D eigenvalue weighted by molar-refractivity contribution is 5.81. The van der Waals surface area contributed by atoms with Crippen molar-refractivity contribution in [3.05, 3.63) is 64.5 Å². The molecule has 1 amide bonds. The largest absolute Gasteiger partial charge is 0.493 e. The molecule has 3 rings (SSSR count). The number of rotatable bonds is 8. The van der Waals surface area contributed by atoms with Gasteiger partial charge in [-0.05, 0) is 30.2 Å². The second kappa shape index (κ2) is 9.18. The number of carbonyl (C=O) groups is 1. The van der Waals surface area contributed by atoms with Crippen LogP contribution in [0.1, 0.15) is 18.4 Å². The second-order valence-electron chi connectivity index (χ2n) is 6.48. The maximum Gasteiger partial charge on any atom is 0.261 e. The molecule has 0 saturated carbocycles. The number of nitrogens with one attached hydrogen (secondary N) is 1. The molecule has 7 nitrogen and oxygen atoms in total. The maximum absolute atomic E-state index is 13.2. The van der Waals surface area contributed by atoms with E-state index in [-0.39, 0.29) is 30.2 Å². The highest BCUT2D eigenvalue weighted by Gasteiger charge is 2.11. The number of hydrogen-bond acceptors (Lipinski definition) is 5. The fraction of sp³-hybridized carbons (Fsp3) is 0.286. The van der Waals surface area contributed by atoms with Crippen molar-refractivity contribution in [3.8, 4) is 11.5 Å². The number of nitrogens with zero attached hydrogens (tertiary/aromatic N) is 2. The number of aromatic nitrogens is 2. The van der Waals surface area contributed by atoms with Gasteiger partial charge in [-0.15, -0.1) is 0 Å². The Labute approximate surface area is 167 Å². The molecule has 2 aromatic carbocycles. The first-order valence-corrected chi connectivity index (χ1v) is 9.14. The van der Waals surface area contributed by atoms with Gasteiger partial charge in [0.25, 0.3) is 5.56 Å². The lowest BCUT2D eigenvalue weighted by Gasteiger charge is -2.10. The number of ether oxygens (including phenoxy) is 2. The lowest BCUT2D eigenvalue weighted by Crippen LogP contribution is -2.24. The molecule has 0 fully saturated rings. The van der Waals surface area contributed by atoms with Gasteiger partial charge in [-0.3, -0.25) is 14.2 Å². The molecule has 0 spiro atoms. The summed E-state index contributed by atoms with van der Waals surface area (Å²) in [4.78, 5) is 29.0. The standard InChI is InChI=1S/C21H22FN3O4/c1-28-18-10-16-17(11-19(18)29-2)24-13-25(21(16)27)8-4-7-20(26)23-12-14-5-3-6-15(22)9-14/h3,5-6,9-11,13H,4,7-8,12H2,1-2H3,(H,23,26). The summed E-state index contributed by atoms with van der Waals surface area (Å²) in [6, 6.07) is 9.33. The van der Waals surface area contributed by atoms with Crippen molar-refractivity contribution in [2.75, 3.05) is 14.2 Å². The van der Waals surface area contributed by atoms with E-state index in [4.69, 9.17) is 9.47 Å². The molecule has 152 valence electrons. The first-order chi connectivity index (χ1) is 14.0. The van der Waals surface area contributed by atoms with Gasteiger partial charge in [-0.25, -0.2) is 9.37 Å². The fourth-order valence-corrected chi connectivity index (χ4v) is 2.99. The van der Waals surface area contributed by atoms with Crippen LogP contribution >= 0.6 is 0 Å². The van der Waals surface area contributed by atoms with Crippen LogP contribution in [-0.2, 0) is 17.9 Å². The first kappa shape index (κ1) is 20.3. The zero-order chi connectivity index (χ0) is 20.8. The lowest BCUT2D eigenvalue weighted by molar-refractivity contribution is -0.121. The molecule has 29 heavy (non-hydrogen) atoms. The molecular weight excluding hydrogens is 377 g/mol. The minimum atomic E-state index is -0.339. The van der Waals surface area contributed by atoms with E-state index in [1.165, 1.54) is 37.2 Å². The fourth-order valence-electron chi connectivity index (χ4n) is 2.99. The van der Waals surface area contributed by atoms with Crippen LogP contribution < -0.4 is 20.3 Å². The molecule has 0 unspecified atom stereocenters. The summed E-state index contributed by atoms with van der Waals surface area (Å²) in [5, 5.41) is 3.16. The topological polar surface area (TPSA) is 82.5 Å². The summed E-state index contributed by atoms with van der Waals surface area (Å²) in [6.45, 7) is 0.610. The minimum absolute atomic E-state index is 0.164. The Hall–Kier alpha value is -3.42. The van der Waals surface area contributed by atoms with Crippen molar-refractivity contribution in [2.45, 2.75) is 25.9 Å². The third-order valence-electron chi connectivity index (χ3n) is 4.51. The Balaban J connectivity index is 1.61. The Morgan fingerprint density at radius 3 is 2.66 bits per heavy atom. The van der Waals surface area contributed by atoms with Crippen LogP contribution in [0.25, 0.3) is 10.9 Å². The van der Waals surface area contributed by atoms with Gasteiger partial charge in [-0.2, -0.15) is 0 Å². The number of fused-ring (bicyclic) bond motifs is 1. The summed E-state index contributed by atoms with van der Waals surface area (Å²) in [6.07, 6.45) is 2.17. The summed E-state index contributed by atoms with van der Waals surface area (Å²) < 4.78 is 25.1. The predicted molar refractivity (Wildman–Crippen MR) is 107 cm³/mol. The highest BCUT2D eigenvalue weighted by atomic mass is 19.1. The second-order valence-corrected chi connectivity index (χ2v) is 6.48. The zero-order valence-corrected chi connectivity index (χ0v) is 16.3. The third kappa shape index (κ3) is 4.90. The van der Waals surface area contributed by atoms with Gasteiger partial charge in [-0.1, -0.05) is 12.1 Å². The summed E-state index contributed by atoms with van der Waals surface area (Å²) >= 11 is 0. The number of methoxy groups -OCH3 is 2. The number of hydrogen-bond donors (Lipinski definition) is 1. The van der Waals surface area contributed by atoms with Crippen LogP contribution in [0, 0.1) is 5.82 Å². The van der Waals surface area contributed by atoms with E-state index in [2.05, 4.69) is 10.3 Å². The zero-order valence-electron chi connectivity index (χ0n) is 16.3. The molecular formula is C21H22FN3O4. The Kier molecular flexibility index (Phi) is 6.43. The van der Waals surface area contributed by atoms with Crippen LogP contribution in [0.5, 0.6) is 11.5 Å². The van der Waals surface area contributed by atoms with Gasteiger partial charge in [0, 0.05) is 25.6 Å². The summed E-state index contributed by atoms with van der Waals surface area (Å²) in [7, 11) is 3.02. The van der Waals surface area contributed by atoms with E-state index in [0.29, 0.717) is 40.9 Å². The van der Waals surface area contributed by atoms with Crippen LogP contribution in [0.3, 0.4) is 0 Å². The molecule has 8 heteroatoms. The van der Waals surface area contributed by atoms with Crippen molar-refractivity contribution in [3.63, 3.8) is 0 Å². The van der Waals surface area contributed by atoms with E-state index in [0.717, 1.165) is 0 Å². The molecule has 1 heterocycles. The average Bonchev–Trinajstić information content (AvgIpc) is 2.73. The Bertz CT molecular complexity index is 1080. The van der Waals surface area contributed by atoms with Crippen molar-refractivity contribution in [2.24, 2.45) is 0 Å². The quantitative estimate of drug-likeness (QED) is 0.630. The molecule has 0 radical (unpaired) electrons. The van der Waals surface area contributed by atoms with Gasteiger partial charge in [0.1, 0.15) is 5.82 Å². The van der Waals surface area contributed by atoms with E-state index >= 15 is 0 Å². The molecule has 0 aliphatic carbocycles. The van der Waals surface area contributed by atoms with Crippen molar-refractivity contribution < 1.29 is 18.7 Å². The molecule has 1 N–H and O–H groups in total. The van der Waals surface area contributed by atoms with Crippen molar-refractivity contribution in [1.29, 1.82) is 0 Å². The van der Waals surface area contributed by atoms with Gasteiger partial charge in [0.2, 0.25) is 5.91 Å². The van der Waals surface area contributed by atoms with Crippen LogP contribution in [0.2, 0.25) is 0 Å². The predicted octanol–water partition coefficient (Wildman–Crippen LogP) is 2.65. The molecule has 0 aliphatic rings. The van der Waals surface area contributed by atoms with Gasteiger partial charge in [0.05, 0.1) is 31.4 Å². The molecule has 0 aliphatic heterocycles. The number of aryl methyl sites for hydroxylation is 1. The normalized spacial score (nSPS) is 10.7. The van der Waals surface area contributed by atoms with Crippen LogP contribution in [-0.4, -0.2) is 29.7 Å². The summed E-state index contributed by atoms with van der Waals surface area (Å²) in [5.41, 5.74) is 0.991. The Morgan fingerprint density at radius 2 is 1.93 bits per heavy atom. The number of benzene rings is 2. The van der Waals surface area contributed by atoms with E-state index in [1.807, 2.05) is 0 Å². The molecule has 0 bridgehead atoms. The van der Waals surface area contributed by atoms with Crippen molar-refractivity contribution in [1.82, 2.24) is 14.9 Å². The number of halogens is 1. The van der Waals surface area contributed by atoms with Gasteiger partial charge in [0.15, 0.2) is 11.5 Å². The smallest absolute Gasteiger partial charge is 0.261 e. The maximum atomic E-state index is 13.2. The van der Waals surface area contributed by atoms with Crippen LogP contribution in [0.4, 0.5) is 4.39 Å². The monoisotopic (exact) mass is 399 g/mol. The number of carbonyl (C=O) groups excluding carboxylic acids is 1. The summed E-state index contributed by atoms with van der Waals surface area (Å²) in [5.74, 6) is 0.449. The van der Waals surface area contributed by atoms with Gasteiger partial charge < -0.3 is 14.8 Å². The van der Waals surface area contributed by atoms with Crippen LogP contribution in [0.15, 0.2) is 47.5 Å². The minimum Gasteiger partial charge on any atom is -0.493 e. The van der Waals surface area contributed by atoms with Gasteiger partial charge >= 0.3 is 0 Å². The SMILES string of the molecule is COc1cc2ncn(CCCC(=O)NCc3cccc(F)c3)c(=O)c2cc1OC. The van der Waals surface area contributed by atoms with Crippen molar-refractivity contribution >= 4 is 16.8 Å². The van der Waals surface area contributed by atoms with E-state index in [9.17, 15) is 14.0 Å².